The van der Waals surface area contributed by atoms with Gasteiger partial charge in [-0.15, -0.1) is 0 Å². The minimum Gasteiger partial charge on any atom is -0.340 e. The highest BCUT2D eigenvalue weighted by Crippen LogP contribution is 2.25. The zero-order valence-electron chi connectivity index (χ0n) is 11.7. The van der Waals surface area contributed by atoms with Crippen LogP contribution in [0.25, 0.3) is 0 Å². The van der Waals surface area contributed by atoms with Crippen molar-refractivity contribution in [2.75, 3.05) is 10.7 Å². The summed E-state index contributed by atoms with van der Waals surface area (Å²) in [6.07, 6.45) is 0. The number of benzene rings is 1. The van der Waals surface area contributed by atoms with Crippen LogP contribution in [-0.4, -0.2) is 9.97 Å². The fraction of sp³-hybridized carbons (Fsp3) is 0.286. The zero-order valence-corrected chi connectivity index (χ0v) is 13.9. The maximum atomic E-state index is 5.54. The van der Waals surface area contributed by atoms with Crippen LogP contribution in [-0.2, 0) is 0 Å². The van der Waals surface area contributed by atoms with Crippen molar-refractivity contribution in [2.45, 2.75) is 26.7 Å². The van der Waals surface area contributed by atoms with Gasteiger partial charge in [-0.3, -0.25) is 0 Å². The molecule has 0 saturated heterocycles. The van der Waals surface area contributed by atoms with Gasteiger partial charge in [0.1, 0.15) is 17.5 Å². The fourth-order valence-electron chi connectivity index (χ4n) is 1.76. The first-order valence-corrected chi connectivity index (χ1v) is 7.47. The molecule has 1 heterocycles. The van der Waals surface area contributed by atoms with Gasteiger partial charge in [0.05, 0.1) is 0 Å². The third-order valence-electron chi connectivity index (χ3n) is 2.90. The average Bonchev–Trinajstić information content (AvgIpc) is 2.41. The molecule has 20 heavy (non-hydrogen) atoms. The van der Waals surface area contributed by atoms with Gasteiger partial charge in [0.2, 0.25) is 0 Å². The van der Waals surface area contributed by atoms with Gasteiger partial charge in [-0.05, 0) is 47.7 Å². The van der Waals surface area contributed by atoms with E-state index in [4.69, 9.17) is 5.84 Å². The number of rotatable bonds is 4. The van der Waals surface area contributed by atoms with Gasteiger partial charge < -0.3 is 10.7 Å². The molecule has 6 heteroatoms. The monoisotopic (exact) mass is 383 g/mol. The second-order valence-corrected chi connectivity index (χ2v) is 6.08. The Morgan fingerprint density at radius 1 is 1.20 bits per heavy atom. The Balaban J connectivity index is 2.42. The minimum absolute atomic E-state index is 0.235. The summed E-state index contributed by atoms with van der Waals surface area (Å²) in [5.41, 5.74) is 4.53. The van der Waals surface area contributed by atoms with Crippen LogP contribution < -0.4 is 16.6 Å². The molecule has 0 bridgehead atoms. The number of hydrogen-bond donors (Lipinski definition) is 3. The Bertz CT molecular complexity index is 613. The van der Waals surface area contributed by atoms with Crippen molar-refractivity contribution >= 4 is 39.9 Å². The molecule has 0 aliphatic heterocycles. The largest absolute Gasteiger partial charge is 0.340 e. The maximum absolute atomic E-state index is 5.54. The van der Waals surface area contributed by atoms with Gasteiger partial charge in [-0.2, -0.15) is 0 Å². The molecular weight excluding hydrogens is 365 g/mol. The average molecular weight is 383 g/mol. The fourth-order valence-corrected chi connectivity index (χ4v) is 2.30. The number of halogens is 1. The van der Waals surface area contributed by atoms with Gasteiger partial charge >= 0.3 is 0 Å². The summed E-state index contributed by atoms with van der Waals surface area (Å²) < 4.78 is 1.17. The van der Waals surface area contributed by atoms with Crippen LogP contribution in [0.4, 0.5) is 17.3 Å². The van der Waals surface area contributed by atoms with E-state index < -0.39 is 0 Å². The van der Waals surface area contributed by atoms with Crippen molar-refractivity contribution in [3.05, 3.63) is 39.2 Å². The van der Waals surface area contributed by atoms with E-state index in [0.29, 0.717) is 5.82 Å². The maximum Gasteiger partial charge on any atom is 0.148 e. The molecule has 106 valence electrons. The summed E-state index contributed by atoms with van der Waals surface area (Å²) >= 11 is 2.28. The number of nitrogen functional groups attached to an aromatic ring is 1. The highest BCUT2D eigenvalue weighted by molar-refractivity contribution is 14.1. The molecule has 0 aliphatic rings. The molecule has 0 unspecified atom stereocenters. The van der Waals surface area contributed by atoms with E-state index >= 15 is 0 Å². The molecule has 0 atom stereocenters. The van der Waals surface area contributed by atoms with Crippen molar-refractivity contribution < 1.29 is 0 Å². The van der Waals surface area contributed by atoms with E-state index in [1.54, 1.807) is 0 Å². The molecular formula is C14H18IN5. The van der Waals surface area contributed by atoms with Gasteiger partial charge in [0.15, 0.2) is 0 Å². The third-order valence-corrected chi connectivity index (χ3v) is 3.57. The second kappa shape index (κ2) is 6.36. The molecule has 2 rings (SSSR count). The van der Waals surface area contributed by atoms with Crippen LogP contribution in [0.5, 0.6) is 0 Å². The molecule has 0 aliphatic carbocycles. The first kappa shape index (κ1) is 15.0. The van der Waals surface area contributed by atoms with Crippen LogP contribution >= 0.6 is 22.6 Å². The van der Waals surface area contributed by atoms with Gasteiger partial charge in [-0.1, -0.05) is 19.9 Å². The second-order valence-electron chi connectivity index (χ2n) is 4.84. The number of nitrogens with two attached hydrogens (primary N) is 1. The lowest BCUT2D eigenvalue weighted by Gasteiger charge is -2.15. The predicted molar refractivity (Wildman–Crippen MR) is 91.1 cm³/mol. The van der Waals surface area contributed by atoms with Crippen LogP contribution in [0.15, 0.2) is 24.3 Å². The lowest BCUT2D eigenvalue weighted by molar-refractivity contribution is 0.774. The van der Waals surface area contributed by atoms with Crippen molar-refractivity contribution in [1.82, 2.24) is 9.97 Å². The van der Waals surface area contributed by atoms with Gasteiger partial charge in [0.25, 0.3) is 0 Å². The molecule has 4 N–H and O–H groups in total. The van der Waals surface area contributed by atoms with E-state index in [-0.39, 0.29) is 5.92 Å². The van der Waals surface area contributed by atoms with Crippen LogP contribution in [0, 0.1) is 10.5 Å². The van der Waals surface area contributed by atoms with Crippen LogP contribution in [0.1, 0.15) is 31.2 Å². The minimum atomic E-state index is 0.235. The number of nitrogens with one attached hydrogen (secondary N) is 2. The van der Waals surface area contributed by atoms with Crippen molar-refractivity contribution in [2.24, 2.45) is 5.84 Å². The lowest BCUT2D eigenvalue weighted by Crippen LogP contribution is -2.14. The van der Waals surface area contributed by atoms with Gasteiger partial charge in [-0.25, -0.2) is 15.8 Å². The quantitative estimate of drug-likeness (QED) is 0.428. The van der Waals surface area contributed by atoms with Crippen molar-refractivity contribution in [3.8, 4) is 0 Å². The predicted octanol–water partition coefficient (Wildman–Crippen LogP) is 3.54. The van der Waals surface area contributed by atoms with E-state index in [9.17, 15) is 0 Å². The number of hydrogen-bond acceptors (Lipinski definition) is 5. The number of nitrogens with zero attached hydrogens (tertiary/aromatic N) is 2. The summed E-state index contributed by atoms with van der Waals surface area (Å²) in [6, 6.07) is 8.12. The summed E-state index contributed by atoms with van der Waals surface area (Å²) in [5.74, 6) is 7.96. The standard InChI is InChI=1S/C14H18IN5/c1-8(2)12-18-13(9(3)14(19-12)20-16)17-11-6-4-5-10(15)7-11/h4-8H,16H2,1-3H3,(H2,17,18,19,20). The zero-order chi connectivity index (χ0) is 14.7. The Morgan fingerprint density at radius 2 is 1.90 bits per heavy atom. The first-order valence-electron chi connectivity index (χ1n) is 6.39. The molecule has 0 saturated carbocycles. The van der Waals surface area contributed by atoms with E-state index in [2.05, 4.69) is 63.2 Å². The van der Waals surface area contributed by atoms with Crippen molar-refractivity contribution in [1.29, 1.82) is 0 Å². The Hall–Kier alpha value is -1.41. The Kier molecular flexibility index (Phi) is 4.77. The molecule has 5 nitrogen and oxygen atoms in total. The van der Waals surface area contributed by atoms with Crippen molar-refractivity contribution in [3.63, 3.8) is 0 Å². The third kappa shape index (κ3) is 3.37. The smallest absolute Gasteiger partial charge is 0.148 e. The summed E-state index contributed by atoms with van der Waals surface area (Å²) in [6.45, 7) is 6.05. The number of anilines is 3. The normalized spacial score (nSPS) is 10.7. The molecule has 1 aromatic carbocycles. The summed E-state index contributed by atoms with van der Waals surface area (Å²) in [4.78, 5) is 9.01. The van der Waals surface area contributed by atoms with Crippen LogP contribution in [0.3, 0.4) is 0 Å². The molecule has 0 radical (unpaired) electrons. The molecule has 2 aromatic rings. The van der Waals surface area contributed by atoms with E-state index in [1.165, 1.54) is 3.57 Å². The summed E-state index contributed by atoms with van der Waals surface area (Å²) in [7, 11) is 0. The SMILES string of the molecule is Cc1c(NN)nc(C(C)C)nc1Nc1cccc(I)c1. The highest BCUT2D eigenvalue weighted by Gasteiger charge is 2.12. The summed E-state index contributed by atoms with van der Waals surface area (Å²) in [5, 5.41) is 3.33. The van der Waals surface area contributed by atoms with E-state index in [1.807, 2.05) is 25.1 Å². The highest BCUT2D eigenvalue weighted by atomic mass is 127. The number of hydrazine groups is 1. The molecule has 0 amide bonds. The van der Waals surface area contributed by atoms with E-state index in [0.717, 1.165) is 22.9 Å². The van der Waals surface area contributed by atoms with Crippen LogP contribution in [0.2, 0.25) is 0 Å². The molecule has 0 spiro atoms. The first-order chi connectivity index (χ1) is 9.51. The Morgan fingerprint density at radius 3 is 2.50 bits per heavy atom. The molecule has 1 aromatic heterocycles. The lowest BCUT2D eigenvalue weighted by atomic mass is 10.2. The number of aromatic nitrogens is 2. The van der Waals surface area contributed by atoms with Gasteiger partial charge in [0, 0.05) is 20.7 Å². The molecule has 0 fully saturated rings. The topological polar surface area (TPSA) is 75.9 Å². The Labute approximate surface area is 132 Å².